The number of rotatable bonds is 6. The largest absolute Gasteiger partial charge is 0.490 e. The van der Waals surface area contributed by atoms with Crippen LogP contribution in [0.1, 0.15) is 10.4 Å². The molecule has 0 unspecified atom stereocenters. The van der Waals surface area contributed by atoms with E-state index in [4.69, 9.17) is 15.2 Å². The van der Waals surface area contributed by atoms with Gasteiger partial charge < -0.3 is 15.2 Å². The van der Waals surface area contributed by atoms with Gasteiger partial charge in [0.05, 0.1) is 0 Å². The lowest BCUT2D eigenvalue weighted by Gasteiger charge is -2.08. The van der Waals surface area contributed by atoms with Crippen LogP contribution in [0.5, 0.6) is 11.5 Å². The highest BCUT2D eigenvalue weighted by Crippen LogP contribution is 2.14. The average Bonchev–Trinajstić information content (AvgIpc) is 2.46. The Morgan fingerprint density at radius 3 is 1.79 bits per heavy atom. The number of anilines is 1. The molecule has 0 aliphatic carbocycles. The minimum Gasteiger partial charge on any atom is -0.490 e. The molecule has 0 amide bonds. The smallest absolute Gasteiger partial charge is 0.150 e. The van der Waals surface area contributed by atoms with Crippen molar-refractivity contribution in [3.8, 4) is 11.5 Å². The second-order valence-electron chi connectivity index (χ2n) is 3.95. The van der Waals surface area contributed by atoms with E-state index in [0.717, 1.165) is 12.0 Å². The van der Waals surface area contributed by atoms with Crippen molar-refractivity contribution in [2.45, 2.75) is 0 Å². The van der Waals surface area contributed by atoms with Gasteiger partial charge in [-0.15, -0.1) is 0 Å². The first-order chi connectivity index (χ1) is 9.28. The number of ether oxygens (including phenoxy) is 2. The van der Waals surface area contributed by atoms with Gasteiger partial charge in [-0.25, -0.2) is 0 Å². The molecule has 0 saturated carbocycles. The maximum atomic E-state index is 10.5. The van der Waals surface area contributed by atoms with Crippen LogP contribution < -0.4 is 15.2 Å². The zero-order valence-corrected chi connectivity index (χ0v) is 10.4. The molecule has 0 bridgehead atoms. The summed E-state index contributed by atoms with van der Waals surface area (Å²) in [6.07, 6.45) is 0.800. The third kappa shape index (κ3) is 4.03. The summed E-state index contributed by atoms with van der Waals surface area (Å²) in [7, 11) is 0. The van der Waals surface area contributed by atoms with E-state index in [1.165, 1.54) is 0 Å². The standard InChI is InChI=1S/C15H15NO3/c16-13-3-7-15(8-4-13)19-10-9-18-14-5-1-12(11-17)2-6-14/h1-8,11H,9-10,16H2. The molecule has 0 aliphatic rings. The van der Waals surface area contributed by atoms with Crippen molar-refractivity contribution in [3.05, 3.63) is 54.1 Å². The second-order valence-corrected chi connectivity index (χ2v) is 3.95. The molecule has 0 saturated heterocycles. The lowest BCUT2D eigenvalue weighted by Crippen LogP contribution is -2.08. The second kappa shape index (κ2) is 6.44. The Morgan fingerprint density at radius 2 is 1.32 bits per heavy atom. The minimum atomic E-state index is 0.435. The van der Waals surface area contributed by atoms with Crippen LogP contribution in [0, 0.1) is 0 Å². The first-order valence-electron chi connectivity index (χ1n) is 5.94. The predicted octanol–water partition coefficient (Wildman–Crippen LogP) is 2.54. The van der Waals surface area contributed by atoms with Crippen molar-refractivity contribution in [1.82, 2.24) is 0 Å². The van der Waals surface area contributed by atoms with Gasteiger partial charge in [-0.2, -0.15) is 0 Å². The Labute approximate surface area is 111 Å². The van der Waals surface area contributed by atoms with E-state index in [1.54, 1.807) is 36.4 Å². The fourth-order valence-electron chi connectivity index (χ4n) is 1.53. The molecule has 19 heavy (non-hydrogen) atoms. The topological polar surface area (TPSA) is 61.6 Å². The molecular weight excluding hydrogens is 242 g/mol. The van der Waals surface area contributed by atoms with Gasteiger partial charge in [0.25, 0.3) is 0 Å². The van der Waals surface area contributed by atoms with Crippen LogP contribution in [0.25, 0.3) is 0 Å². The van der Waals surface area contributed by atoms with E-state index < -0.39 is 0 Å². The third-order valence-electron chi connectivity index (χ3n) is 2.52. The molecule has 4 heteroatoms. The van der Waals surface area contributed by atoms with Gasteiger partial charge in [0, 0.05) is 11.3 Å². The van der Waals surface area contributed by atoms with E-state index in [9.17, 15) is 4.79 Å². The molecule has 0 spiro atoms. The van der Waals surface area contributed by atoms with E-state index in [2.05, 4.69) is 0 Å². The summed E-state index contributed by atoms with van der Waals surface area (Å²) >= 11 is 0. The molecule has 0 radical (unpaired) electrons. The van der Waals surface area contributed by atoms with Crippen LogP contribution in [0.2, 0.25) is 0 Å². The van der Waals surface area contributed by atoms with E-state index in [-0.39, 0.29) is 0 Å². The summed E-state index contributed by atoms with van der Waals surface area (Å²) in [6.45, 7) is 0.879. The molecule has 4 nitrogen and oxygen atoms in total. The summed E-state index contributed by atoms with van der Waals surface area (Å²) < 4.78 is 11.0. The summed E-state index contributed by atoms with van der Waals surface area (Å²) in [4.78, 5) is 10.5. The maximum Gasteiger partial charge on any atom is 0.150 e. The van der Waals surface area contributed by atoms with Crippen LogP contribution in [-0.4, -0.2) is 19.5 Å². The first-order valence-corrected chi connectivity index (χ1v) is 5.94. The summed E-state index contributed by atoms with van der Waals surface area (Å²) in [5, 5.41) is 0. The highest BCUT2D eigenvalue weighted by atomic mass is 16.5. The number of nitrogen functional groups attached to an aromatic ring is 1. The van der Waals surface area contributed by atoms with Crippen LogP contribution in [0.3, 0.4) is 0 Å². The molecule has 0 aromatic heterocycles. The van der Waals surface area contributed by atoms with Crippen LogP contribution in [0.15, 0.2) is 48.5 Å². The third-order valence-corrected chi connectivity index (χ3v) is 2.52. The number of aldehydes is 1. The predicted molar refractivity (Wildman–Crippen MR) is 73.7 cm³/mol. The van der Waals surface area contributed by atoms with Gasteiger partial charge in [-0.1, -0.05) is 0 Å². The fraction of sp³-hybridized carbons (Fsp3) is 0.133. The average molecular weight is 257 g/mol. The first kappa shape index (κ1) is 13.0. The van der Waals surface area contributed by atoms with E-state index >= 15 is 0 Å². The molecule has 2 aromatic rings. The van der Waals surface area contributed by atoms with Crippen molar-refractivity contribution in [2.24, 2.45) is 0 Å². The SMILES string of the molecule is Nc1ccc(OCCOc2ccc(C=O)cc2)cc1. The molecule has 0 heterocycles. The Morgan fingerprint density at radius 1 is 0.842 bits per heavy atom. The summed E-state index contributed by atoms with van der Waals surface area (Å²) in [5.74, 6) is 1.47. The fourth-order valence-corrected chi connectivity index (χ4v) is 1.53. The van der Waals surface area contributed by atoms with Crippen LogP contribution in [0.4, 0.5) is 5.69 Å². The van der Waals surface area contributed by atoms with Crippen LogP contribution >= 0.6 is 0 Å². The molecule has 0 fully saturated rings. The van der Waals surface area contributed by atoms with Gasteiger partial charge in [0.2, 0.25) is 0 Å². The Balaban J connectivity index is 1.74. The zero-order valence-electron chi connectivity index (χ0n) is 10.4. The van der Waals surface area contributed by atoms with E-state index in [0.29, 0.717) is 30.2 Å². The van der Waals surface area contributed by atoms with Crippen molar-refractivity contribution in [3.63, 3.8) is 0 Å². The maximum absolute atomic E-state index is 10.5. The highest BCUT2D eigenvalue weighted by molar-refractivity contribution is 5.74. The number of hydrogen-bond donors (Lipinski definition) is 1. The molecule has 2 aromatic carbocycles. The van der Waals surface area contributed by atoms with Crippen LogP contribution in [-0.2, 0) is 0 Å². The number of benzene rings is 2. The van der Waals surface area contributed by atoms with Gasteiger partial charge in [0.15, 0.2) is 0 Å². The van der Waals surface area contributed by atoms with Crippen molar-refractivity contribution in [2.75, 3.05) is 18.9 Å². The van der Waals surface area contributed by atoms with Gasteiger partial charge in [-0.3, -0.25) is 4.79 Å². The summed E-state index contributed by atoms with van der Waals surface area (Å²) in [6, 6.07) is 14.1. The lowest BCUT2D eigenvalue weighted by atomic mass is 10.2. The lowest BCUT2D eigenvalue weighted by molar-refractivity contribution is 0.112. The molecule has 0 aliphatic heterocycles. The molecule has 2 N–H and O–H groups in total. The normalized spacial score (nSPS) is 9.89. The molecular formula is C15H15NO3. The van der Waals surface area contributed by atoms with Crippen molar-refractivity contribution >= 4 is 12.0 Å². The Kier molecular flexibility index (Phi) is 4.39. The Bertz CT molecular complexity index is 520. The van der Waals surface area contributed by atoms with Gasteiger partial charge in [-0.05, 0) is 48.5 Å². The monoisotopic (exact) mass is 257 g/mol. The highest BCUT2D eigenvalue weighted by Gasteiger charge is 1.96. The van der Waals surface area contributed by atoms with Crippen molar-refractivity contribution in [1.29, 1.82) is 0 Å². The number of carbonyl (C=O) groups is 1. The molecule has 0 atom stereocenters. The quantitative estimate of drug-likeness (QED) is 0.491. The number of nitrogens with two attached hydrogens (primary N) is 1. The Hall–Kier alpha value is -2.49. The number of hydrogen-bond acceptors (Lipinski definition) is 4. The minimum absolute atomic E-state index is 0.435. The zero-order chi connectivity index (χ0) is 13.5. The van der Waals surface area contributed by atoms with Gasteiger partial charge in [0.1, 0.15) is 31.0 Å². The molecule has 98 valence electrons. The summed E-state index contributed by atoms with van der Waals surface area (Å²) in [5.41, 5.74) is 6.91. The number of carbonyl (C=O) groups excluding carboxylic acids is 1. The van der Waals surface area contributed by atoms with E-state index in [1.807, 2.05) is 12.1 Å². The molecule has 2 rings (SSSR count). The van der Waals surface area contributed by atoms with Gasteiger partial charge >= 0.3 is 0 Å². The van der Waals surface area contributed by atoms with Crippen molar-refractivity contribution < 1.29 is 14.3 Å².